The smallest absolute Gasteiger partial charge is 0.0715 e. The zero-order valence-electron chi connectivity index (χ0n) is 31.3. The molecule has 0 aliphatic rings. The second-order valence-corrected chi connectivity index (χ2v) is 14.6. The van der Waals surface area contributed by atoms with Crippen molar-refractivity contribution in [2.75, 3.05) is 0 Å². The first-order valence-corrected chi connectivity index (χ1v) is 19.4. The van der Waals surface area contributed by atoms with Gasteiger partial charge in [0.2, 0.25) is 0 Å². The summed E-state index contributed by atoms with van der Waals surface area (Å²) in [5, 5.41) is 4.40. The molecule has 0 saturated heterocycles. The highest BCUT2D eigenvalue weighted by Gasteiger charge is 2.14. The maximum atomic E-state index is 5.33. The van der Waals surface area contributed by atoms with Crippen LogP contribution in [0.1, 0.15) is 0 Å². The largest absolute Gasteiger partial charge is 0.264 e. The van der Waals surface area contributed by atoms with E-state index >= 15 is 0 Å². The van der Waals surface area contributed by atoms with Gasteiger partial charge in [0, 0.05) is 63.0 Å². The molecular formula is C53H33N5. The summed E-state index contributed by atoms with van der Waals surface area (Å²) in [6, 6.07) is 61.8. The van der Waals surface area contributed by atoms with E-state index in [9.17, 15) is 0 Å². The van der Waals surface area contributed by atoms with Crippen molar-refractivity contribution < 1.29 is 0 Å². The van der Waals surface area contributed by atoms with Crippen LogP contribution in [0, 0.1) is 0 Å². The summed E-state index contributed by atoms with van der Waals surface area (Å²) in [6.07, 6.45) is 7.48. The Morgan fingerprint density at radius 2 is 0.793 bits per heavy atom. The normalized spacial score (nSPS) is 11.4. The number of para-hydroxylation sites is 2. The molecule has 5 aromatic heterocycles. The number of aromatic nitrogens is 5. The highest BCUT2D eigenvalue weighted by Crippen LogP contribution is 2.38. The molecule has 11 aromatic rings. The molecule has 11 rings (SSSR count). The summed E-state index contributed by atoms with van der Waals surface area (Å²) in [7, 11) is 0. The van der Waals surface area contributed by atoms with Crippen molar-refractivity contribution in [3.63, 3.8) is 0 Å². The molecule has 0 unspecified atom stereocenters. The van der Waals surface area contributed by atoms with Gasteiger partial charge in [-0.15, -0.1) is 0 Å². The first-order valence-electron chi connectivity index (χ1n) is 19.4. The molecule has 5 heterocycles. The van der Waals surface area contributed by atoms with Crippen LogP contribution in [0.2, 0.25) is 0 Å². The van der Waals surface area contributed by atoms with E-state index in [4.69, 9.17) is 9.97 Å². The Hall–Kier alpha value is -7.89. The van der Waals surface area contributed by atoms with Gasteiger partial charge in [0.25, 0.3) is 0 Å². The molecule has 0 atom stereocenters. The third kappa shape index (κ3) is 6.12. The van der Waals surface area contributed by atoms with Crippen LogP contribution in [0.3, 0.4) is 0 Å². The predicted molar refractivity (Wildman–Crippen MR) is 238 cm³/mol. The van der Waals surface area contributed by atoms with E-state index < -0.39 is 0 Å². The molecule has 0 fully saturated rings. The molecule has 270 valence electrons. The molecule has 0 amide bonds. The second-order valence-electron chi connectivity index (χ2n) is 14.6. The lowest BCUT2D eigenvalue weighted by molar-refractivity contribution is 1.33. The molecule has 0 bridgehead atoms. The summed E-state index contributed by atoms with van der Waals surface area (Å²) >= 11 is 0. The van der Waals surface area contributed by atoms with E-state index in [2.05, 4.69) is 173 Å². The topological polar surface area (TPSA) is 64.5 Å². The fourth-order valence-electron chi connectivity index (χ4n) is 8.09. The van der Waals surface area contributed by atoms with Crippen molar-refractivity contribution >= 4 is 43.6 Å². The Bertz CT molecular complexity index is 3250. The molecule has 6 aromatic carbocycles. The van der Waals surface area contributed by atoms with Crippen LogP contribution >= 0.6 is 0 Å². The monoisotopic (exact) mass is 739 g/mol. The number of benzene rings is 6. The average molecular weight is 740 g/mol. The Labute approximate surface area is 335 Å². The number of fused-ring (bicyclic) bond motifs is 4. The van der Waals surface area contributed by atoms with Gasteiger partial charge in [-0.25, -0.2) is 9.97 Å². The van der Waals surface area contributed by atoms with Gasteiger partial charge in [0.15, 0.2) is 0 Å². The van der Waals surface area contributed by atoms with Crippen molar-refractivity contribution in [2.45, 2.75) is 0 Å². The summed E-state index contributed by atoms with van der Waals surface area (Å²) in [4.78, 5) is 24.1. The van der Waals surface area contributed by atoms with Gasteiger partial charge in [-0.05, 0) is 118 Å². The van der Waals surface area contributed by atoms with Gasteiger partial charge in [0.1, 0.15) is 0 Å². The van der Waals surface area contributed by atoms with Crippen LogP contribution in [0.5, 0.6) is 0 Å². The quantitative estimate of drug-likeness (QED) is 0.170. The number of pyridine rings is 5. The molecule has 0 radical (unpaired) electrons. The fraction of sp³-hybridized carbons (Fsp3) is 0. The Kier molecular flexibility index (Phi) is 8.07. The van der Waals surface area contributed by atoms with Crippen LogP contribution in [0.25, 0.3) is 111 Å². The van der Waals surface area contributed by atoms with Gasteiger partial charge in [-0.1, -0.05) is 97.1 Å². The minimum atomic E-state index is 0.905. The number of rotatable bonds is 6. The predicted octanol–water partition coefficient (Wildman–Crippen LogP) is 13.3. The van der Waals surface area contributed by atoms with Gasteiger partial charge in [-0.3, -0.25) is 15.0 Å². The first-order chi connectivity index (χ1) is 28.7. The molecule has 58 heavy (non-hydrogen) atoms. The molecule has 5 heteroatoms. The first kappa shape index (κ1) is 33.4. The van der Waals surface area contributed by atoms with Crippen LogP contribution in [-0.2, 0) is 0 Å². The number of hydrogen-bond acceptors (Lipinski definition) is 5. The lowest BCUT2D eigenvalue weighted by Crippen LogP contribution is -1.92. The van der Waals surface area contributed by atoms with Crippen LogP contribution < -0.4 is 0 Å². The molecule has 5 nitrogen and oxygen atoms in total. The van der Waals surface area contributed by atoms with Gasteiger partial charge in [-0.2, -0.15) is 0 Å². The van der Waals surface area contributed by atoms with E-state index in [0.717, 1.165) is 111 Å². The average Bonchev–Trinajstić information content (AvgIpc) is 3.30. The maximum absolute atomic E-state index is 5.33. The van der Waals surface area contributed by atoms with E-state index in [0.29, 0.717) is 0 Å². The van der Waals surface area contributed by atoms with Crippen molar-refractivity contribution in [2.24, 2.45) is 0 Å². The van der Waals surface area contributed by atoms with Crippen molar-refractivity contribution in [3.8, 4) is 67.0 Å². The van der Waals surface area contributed by atoms with Crippen LogP contribution in [0.4, 0.5) is 0 Å². The minimum Gasteiger partial charge on any atom is -0.264 e. The Morgan fingerprint density at radius 3 is 1.40 bits per heavy atom. The molecule has 0 aliphatic heterocycles. The SMILES string of the molecule is c1cncc(-c2cccc(-c3ccc4ccc(-c5ccc6ccc(-c7cc(-c8ccnc9ccccc89)cc(-c8ccnc9ccccc89)c7)nc6c5)cc4n3)c2)c1. The van der Waals surface area contributed by atoms with Gasteiger partial charge < -0.3 is 0 Å². The fourth-order valence-corrected chi connectivity index (χ4v) is 8.09. The van der Waals surface area contributed by atoms with Crippen LogP contribution in [-0.4, -0.2) is 24.9 Å². The van der Waals surface area contributed by atoms with Crippen molar-refractivity contribution in [1.29, 1.82) is 0 Å². The Balaban J connectivity index is 1.00. The lowest BCUT2D eigenvalue weighted by Gasteiger charge is -2.14. The molecule has 0 aliphatic carbocycles. The summed E-state index contributed by atoms with van der Waals surface area (Å²) in [5.41, 5.74) is 16.6. The number of hydrogen-bond donors (Lipinski definition) is 0. The zero-order valence-corrected chi connectivity index (χ0v) is 31.3. The summed E-state index contributed by atoms with van der Waals surface area (Å²) in [6.45, 7) is 0. The third-order valence-corrected chi connectivity index (χ3v) is 11.0. The van der Waals surface area contributed by atoms with Crippen molar-refractivity contribution in [1.82, 2.24) is 24.9 Å². The zero-order chi connectivity index (χ0) is 38.4. The van der Waals surface area contributed by atoms with Gasteiger partial charge in [0.05, 0.1) is 33.5 Å². The highest BCUT2D eigenvalue weighted by atomic mass is 14.7. The molecule has 0 spiro atoms. The standard InChI is InChI=1S/C53H33N5/c1-3-12-50-46(10-1)44(22-25-55-50)41-28-42(45-23-26-56-51-13-4-2-11-47(45)51)30-43(29-41)49-21-19-35-15-17-38(32-53(35)58-49)37-16-14-34-18-20-48(57-52(34)31-37)39-8-5-7-36(27-39)40-9-6-24-54-33-40/h1-33H. The lowest BCUT2D eigenvalue weighted by atomic mass is 9.92. The number of nitrogens with zero attached hydrogens (tertiary/aromatic N) is 5. The van der Waals surface area contributed by atoms with E-state index in [1.165, 1.54) is 0 Å². The molecule has 0 saturated carbocycles. The maximum Gasteiger partial charge on any atom is 0.0715 e. The summed E-state index contributed by atoms with van der Waals surface area (Å²) < 4.78 is 0. The van der Waals surface area contributed by atoms with Crippen LogP contribution in [0.15, 0.2) is 201 Å². The minimum absolute atomic E-state index is 0.905. The highest BCUT2D eigenvalue weighted by molar-refractivity contribution is 6.00. The summed E-state index contributed by atoms with van der Waals surface area (Å²) in [5.74, 6) is 0. The van der Waals surface area contributed by atoms with Gasteiger partial charge >= 0.3 is 0 Å². The van der Waals surface area contributed by atoms with E-state index in [1.807, 2.05) is 36.8 Å². The second kappa shape index (κ2) is 14.0. The Morgan fingerprint density at radius 1 is 0.293 bits per heavy atom. The third-order valence-electron chi connectivity index (χ3n) is 11.0. The molecular weight excluding hydrogens is 707 g/mol. The van der Waals surface area contributed by atoms with E-state index in [-0.39, 0.29) is 0 Å². The van der Waals surface area contributed by atoms with Crippen molar-refractivity contribution in [3.05, 3.63) is 201 Å². The molecule has 0 N–H and O–H groups in total. The van der Waals surface area contributed by atoms with E-state index in [1.54, 1.807) is 6.20 Å².